The fourth-order valence-corrected chi connectivity index (χ4v) is 3.52. The number of aromatic nitrogens is 2. The zero-order valence-electron chi connectivity index (χ0n) is 13.3. The van der Waals surface area contributed by atoms with Crippen molar-refractivity contribution >= 4 is 26.5 Å². The number of sulfone groups is 1. The number of hydrogen-bond donors (Lipinski definition) is 1. The summed E-state index contributed by atoms with van der Waals surface area (Å²) < 4.78 is 27.4. The molecule has 0 amide bonds. The molecule has 0 aliphatic heterocycles. The van der Waals surface area contributed by atoms with Gasteiger partial charge in [0.2, 0.25) is 5.13 Å². The third kappa shape index (κ3) is 4.78. The van der Waals surface area contributed by atoms with E-state index in [9.17, 15) is 8.42 Å². The fourth-order valence-electron chi connectivity index (χ4n) is 1.92. The van der Waals surface area contributed by atoms with Gasteiger partial charge in [-0.3, -0.25) is 0 Å². The first-order chi connectivity index (χ1) is 10.1. The summed E-state index contributed by atoms with van der Waals surface area (Å²) in [5, 5.41) is 3.98. The normalized spacial score (nSPS) is 12.4. The smallest absolute Gasteiger partial charge is 0.202 e. The maximum Gasteiger partial charge on any atom is 0.202 e. The number of hydrogen-bond acceptors (Lipinski definition) is 6. The van der Waals surface area contributed by atoms with E-state index in [1.807, 2.05) is 24.3 Å². The topological polar surface area (TPSA) is 72.0 Å². The average Bonchev–Trinajstić information content (AvgIpc) is 2.84. The van der Waals surface area contributed by atoms with Gasteiger partial charge in [0.25, 0.3) is 0 Å². The van der Waals surface area contributed by atoms with Gasteiger partial charge in [0.1, 0.15) is 5.82 Å². The molecule has 2 aromatic rings. The summed E-state index contributed by atoms with van der Waals surface area (Å²) in [5.74, 6) is 0.859. The molecule has 7 heteroatoms. The third-order valence-electron chi connectivity index (χ3n) is 3.06. The lowest BCUT2D eigenvalue weighted by molar-refractivity contribution is 0.555. The molecular formula is C15H21N3O2S2. The molecule has 1 heterocycles. The van der Waals surface area contributed by atoms with Crippen molar-refractivity contribution in [3.8, 4) is 0 Å². The van der Waals surface area contributed by atoms with Crippen LogP contribution < -0.4 is 5.32 Å². The predicted octanol–water partition coefficient (Wildman–Crippen LogP) is 2.99. The Labute approximate surface area is 135 Å². The molecule has 0 radical (unpaired) electrons. The van der Waals surface area contributed by atoms with Gasteiger partial charge >= 0.3 is 0 Å². The minimum atomic E-state index is -3.05. The maximum atomic E-state index is 11.5. The van der Waals surface area contributed by atoms with Crippen LogP contribution in [0.25, 0.3) is 0 Å². The van der Waals surface area contributed by atoms with Crippen molar-refractivity contribution in [2.24, 2.45) is 0 Å². The number of nitrogens with zero attached hydrogens (tertiary/aromatic N) is 2. The van der Waals surface area contributed by atoms with Gasteiger partial charge in [-0.15, -0.1) is 0 Å². The van der Waals surface area contributed by atoms with Crippen molar-refractivity contribution in [3.05, 3.63) is 41.2 Å². The summed E-state index contributed by atoms with van der Waals surface area (Å²) in [4.78, 5) is 4.48. The summed E-state index contributed by atoms with van der Waals surface area (Å²) in [6, 6.07) is 7.54. The largest absolute Gasteiger partial charge is 0.356 e. The molecule has 0 atom stereocenters. The Morgan fingerprint density at radius 3 is 2.36 bits per heavy atom. The van der Waals surface area contributed by atoms with Gasteiger partial charge in [0, 0.05) is 29.7 Å². The first kappa shape index (κ1) is 16.9. The number of nitrogens with one attached hydrogen (secondary N) is 1. The van der Waals surface area contributed by atoms with Crippen LogP contribution in [0.3, 0.4) is 0 Å². The Kier molecular flexibility index (Phi) is 4.87. The van der Waals surface area contributed by atoms with E-state index in [0.717, 1.165) is 22.1 Å². The van der Waals surface area contributed by atoms with Crippen molar-refractivity contribution in [1.82, 2.24) is 9.36 Å². The highest BCUT2D eigenvalue weighted by Gasteiger charge is 2.19. The highest BCUT2D eigenvalue weighted by Crippen LogP contribution is 2.23. The van der Waals surface area contributed by atoms with Gasteiger partial charge in [-0.2, -0.15) is 4.37 Å². The molecule has 1 aromatic carbocycles. The molecule has 0 saturated heterocycles. The van der Waals surface area contributed by atoms with Crippen LogP contribution in [0.15, 0.2) is 24.3 Å². The average molecular weight is 339 g/mol. The molecular weight excluding hydrogens is 318 g/mol. The Morgan fingerprint density at radius 1 is 1.18 bits per heavy atom. The second-order valence-electron chi connectivity index (χ2n) is 6.37. The van der Waals surface area contributed by atoms with E-state index in [1.54, 1.807) is 0 Å². The van der Waals surface area contributed by atoms with Gasteiger partial charge in [-0.1, -0.05) is 45.0 Å². The third-order valence-corrected chi connectivity index (χ3v) is 4.57. The van der Waals surface area contributed by atoms with E-state index in [2.05, 4.69) is 35.4 Å². The van der Waals surface area contributed by atoms with Gasteiger partial charge < -0.3 is 5.32 Å². The van der Waals surface area contributed by atoms with E-state index in [0.29, 0.717) is 6.54 Å². The van der Waals surface area contributed by atoms with E-state index in [-0.39, 0.29) is 11.2 Å². The van der Waals surface area contributed by atoms with Crippen LogP contribution in [-0.2, 0) is 27.5 Å². The van der Waals surface area contributed by atoms with Gasteiger partial charge in [0.15, 0.2) is 9.84 Å². The molecule has 120 valence electrons. The number of benzene rings is 1. The Bertz CT molecular complexity index is 746. The Morgan fingerprint density at radius 2 is 1.82 bits per heavy atom. The molecule has 0 aliphatic rings. The Balaban J connectivity index is 2.10. The molecule has 0 bridgehead atoms. The fraction of sp³-hybridized carbons (Fsp3) is 0.467. The number of rotatable bonds is 5. The van der Waals surface area contributed by atoms with E-state index >= 15 is 0 Å². The van der Waals surface area contributed by atoms with Gasteiger partial charge in [0.05, 0.1) is 5.75 Å². The molecule has 22 heavy (non-hydrogen) atoms. The van der Waals surface area contributed by atoms with Crippen LogP contribution in [-0.4, -0.2) is 24.0 Å². The predicted molar refractivity (Wildman–Crippen MR) is 90.9 cm³/mol. The second-order valence-corrected chi connectivity index (χ2v) is 9.26. The van der Waals surface area contributed by atoms with Crippen molar-refractivity contribution in [1.29, 1.82) is 0 Å². The van der Waals surface area contributed by atoms with Crippen LogP contribution in [0, 0.1) is 0 Å². The van der Waals surface area contributed by atoms with E-state index in [1.165, 1.54) is 17.8 Å². The van der Waals surface area contributed by atoms with Gasteiger partial charge in [-0.25, -0.2) is 13.4 Å². The van der Waals surface area contributed by atoms with Crippen molar-refractivity contribution in [2.45, 2.75) is 38.5 Å². The molecule has 0 fully saturated rings. The van der Waals surface area contributed by atoms with Crippen LogP contribution in [0.2, 0.25) is 0 Å². The SMILES string of the molecule is CC(C)(C)c1nsc(NCc2ccccc2CS(C)(=O)=O)n1. The molecule has 0 unspecified atom stereocenters. The lowest BCUT2D eigenvalue weighted by Crippen LogP contribution is -2.13. The lowest BCUT2D eigenvalue weighted by Gasteiger charge is -2.12. The molecule has 2 rings (SSSR count). The second kappa shape index (κ2) is 6.34. The van der Waals surface area contributed by atoms with Crippen LogP contribution in [0.1, 0.15) is 37.7 Å². The first-order valence-corrected chi connectivity index (χ1v) is 9.81. The summed E-state index contributed by atoms with van der Waals surface area (Å²) in [6.07, 6.45) is 1.25. The van der Waals surface area contributed by atoms with Crippen molar-refractivity contribution in [3.63, 3.8) is 0 Å². The van der Waals surface area contributed by atoms with E-state index < -0.39 is 9.84 Å². The zero-order valence-corrected chi connectivity index (χ0v) is 14.9. The van der Waals surface area contributed by atoms with Crippen LogP contribution in [0.5, 0.6) is 0 Å². The summed E-state index contributed by atoms with van der Waals surface area (Å²) in [7, 11) is -3.05. The molecule has 1 aromatic heterocycles. The summed E-state index contributed by atoms with van der Waals surface area (Å²) in [6.45, 7) is 6.74. The van der Waals surface area contributed by atoms with E-state index in [4.69, 9.17) is 0 Å². The molecule has 0 spiro atoms. The highest BCUT2D eigenvalue weighted by atomic mass is 32.2. The zero-order chi connectivity index (χ0) is 16.4. The molecule has 5 nitrogen and oxygen atoms in total. The molecule has 0 aliphatic carbocycles. The van der Waals surface area contributed by atoms with Gasteiger partial charge in [-0.05, 0) is 11.1 Å². The van der Waals surface area contributed by atoms with Crippen LogP contribution >= 0.6 is 11.5 Å². The molecule has 0 saturated carbocycles. The van der Waals surface area contributed by atoms with Crippen molar-refractivity contribution in [2.75, 3.05) is 11.6 Å². The Hall–Kier alpha value is -1.47. The minimum absolute atomic E-state index is 0.0498. The maximum absolute atomic E-state index is 11.5. The minimum Gasteiger partial charge on any atom is -0.356 e. The standard InChI is InChI=1S/C15H21N3O2S2/c1-15(2,3)13-17-14(21-18-13)16-9-11-7-5-6-8-12(11)10-22(4,19)20/h5-8H,9-10H2,1-4H3,(H,16,17,18). The van der Waals surface area contributed by atoms with Crippen LogP contribution in [0.4, 0.5) is 5.13 Å². The quantitative estimate of drug-likeness (QED) is 0.906. The van der Waals surface area contributed by atoms with Crippen molar-refractivity contribution < 1.29 is 8.42 Å². The molecule has 1 N–H and O–H groups in total. The number of anilines is 1. The summed E-state index contributed by atoms with van der Waals surface area (Å²) in [5.41, 5.74) is 1.70. The monoisotopic (exact) mass is 339 g/mol. The lowest BCUT2D eigenvalue weighted by atomic mass is 9.96. The highest BCUT2D eigenvalue weighted by molar-refractivity contribution is 7.89. The first-order valence-electron chi connectivity index (χ1n) is 6.98. The summed E-state index contributed by atoms with van der Waals surface area (Å²) >= 11 is 1.32.